The molecule has 0 aromatic heterocycles. The fraction of sp³-hybridized carbons (Fsp3) is 0.925. The minimum Gasteiger partial charge on any atom is -0.394 e. The molecule has 3 unspecified atom stereocenters. The molecule has 45 heavy (non-hydrogen) atoms. The lowest BCUT2D eigenvalue weighted by molar-refractivity contribution is -0.131. The Balaban J connectivity index is 3.66. The van der Waals surface area contributed by atoms with Gasteiger partial charge < -0.3 is 20.6 Å². The van der Waals surface area contributed by atoms with Crippen molar-refractivity contribution in [1.82, 2.24) is 5.32 Å². The predicted molar refractivity (Wildman–Crippen MR) is 195 cm³/mol. The van der Waals surface area contributed by atoms with Gasteiger partial charge in [0.05, 0.1) is 18.8 Å². The molecule has 0 saturated carbocycles. The van der Waals surface area contributed by atoms with Crippen LogP contribution in [0.2, 0.25) is 0 Å². The topological polar surface area (TPSA) is 89.8 Å². The number of aliphatic hydroxyl groups is 3. The lowest BCUT2D eigenvalue weighted by Gasteiger charge is -2.21. The van der Waals surface area contributed by atoms with E-state index in [1.165, 1.54) is 161 Å². The van der Waals surface area contributed by atoms with Crippen LogP contribution in [0.3, 0.4) is 0 Å². The quantitative estimate of drug-likeness (QED) is 0.0406. The summed E-state index contributed by atoms with van der Waals surface area (Å²) in [5.41, 5.74) is 0. The largest absolute Gasteiger partial charge is 0.394 e. The highest BCUT2D eigenvalue weighted by atomic mass is 16.3. The molecule has 0 radical (unpaired) electrons. The molecule has 0 aromatic rings. The van der Waals surface area contributed by atoms with E-state index in [4.69, 9.17) is 0 Å². The zero-order chi connectivity index (χ0) is 33.1. The van der Waals surface area contributed by atoms with E-state index in [1.54, 1.807) is 6.08 Å². The first-order valence-corrected chi connectivity index (χ1v) is 20.0. The molecule has 0 bridgehead atoms. The summed E-state index contributed by atoms with van der Waals surface area (Å²) in [5.74, 6) is -0.503. The van der Waals surface area contributed by atoms with Gasteiger partial charge in [-0.1, -0.05) is 206 Å². The van der Waals surface area contributed by atoms with Gasteiger partial charge in [0.1, 0.15) is 6.10 Å². The first-order valence-electron chi connectivity index (χ1n) is 20.0. The molecule has 4 N–H and O–H groups in total. The average Bonchev–Trinajstić information content (AvgIpc) is 3.04. The molecule has 1 amide bonds. The molecular formula is C40H79NO4. The molecule has 0 aromatic carbocycles. The molecule has 0 aliphatic heterocycles. The smallest absolute Gasteiger partial charge is 0.249 e. The van der Waals surface area contributed by atoms with E-state index in [0.717, 1.165) is 32.1 Å². The predicted octanol–water partition coefficient (Wildman–Crippen LogP) is 10.9. The van der Waals surface area contributed by atoms with Gasteiger partial charge in [0.2, 0.25) is 5.91 Å². The third-order valence-electron chi connectivity index (χ3n) is 9.38. The van der Waals surface area contributed by atoms with Crippen molar-refractivity contribution in [1.29, 1.82) is 0 Å². The fourth-order valence-electron chi connectivity index (χ4n) is 6.18. The van der Waals surface area contributed by atoms with Crippen LogP contribution in [0.5, 0.6) is 0 Å². The van der Waals surface area contributed by atoms with Crippen LogP contribution in [-0.2, 0) is 4.79 Å². The second-order valence-corrected chi connectivity index (χ2v) is 13.9. The van der Waals surface area contributed by atoms with Crippen molar-refractivity contribution in [3.05, 3.63) is 12.2 Å². The number of allylic oxidation sites excluding steroid dienone is 1. The van der Waals surface area contributed by atoms with Crippen LogP contribution in [0.4, 0.5) is 0 Å². The Hall–Kier alpha value is -0.910. The summed E-state index contributed by atoms with van der Waals surface area (Å²) < 4.78 is 0. The second kappa shape index (κ2) is 35.9. The average molecular weight is 638 g/mol. The summed E-state index contributed by atoms with van der Waals surface area (Å²) in [6.07, 6.45) is 40.9. The number of carbonyl (C=O) groups excluding carboxylic acids is 1. The lowest BCUT2D eigenvalue weighted by atomic mass is 10.0. The van der Waals surface area contributed by atoms with E-state index in [2.05, 4.69) is 19.2 Å². The number of hydrogen-bond donors (Lipinski definition) is 4. The summed E-state index contributed by atoms with van der Waals surface area (Å²) in [4.78, 5) is 12.4. The Morgan fingerprint density at radius 3 is 1.22 bits per heavy atom. The van der Waals surface area contributed by atoms with E-state index >= 15 is 0 Å². The Kier molecular flexibility index (Phi) is 35.2. The van der Waals surface area contributed by atoms with Crippen LogP contribution in [0.15, 0.2) is 12.2 Å². The van der Waals surface area contributed by atoms with Crippen LogP contribution in [0.1, 0.15) is 213 Å². The monoisotopic (exact) mass is 638 g/mol. The highest BCUT2D eigenvalue weighted by Crippen LogP contribution is 2.15. The van der Waals surface area contributed by atoms with Crippen LogP contribution in [0, 0.1) is 0 Å². The lowest BCUT2D eigenvalue weighted by Crippen LogP contribution is -2.48. The van der Waals surface area contributed by atoms with Crippen molar-refractivity contribution in [2.45, 2.75) is 231 Å². The van der Waals surface area contributed by atoms with Crippen LogP contribution < -0.4 is 5.32 Å². The Labute approximate surface area is 280 Å². The van der Waals surface area contributed by atoms with Crippen molar-refractivity contribution in [3.63, 3.8) is 0 Å². The summed E-state index contributed by atoms with van der Waals surface area (Å²) in [6, 6.07) is -0.791. The maximum atomic E-state index is 12.4. The molecule has 0 aliphatic carbocycles. The maximum absolute atomic E-state index is 12.4. The zero-order valence-electron chi connectivity index (χ0n) is 30.3. The molecular weight excluding hydrogens is 558 g/mol. The Morgan fingerprint density at radius 2 is 0.867 bits per heavy atom. The van der Waals surface area contributed by atoms with Gasteiger partial charge in [-0.15, -0.1) is 0 Å². The molecule has 0 spiro atoms. The number of amides is 1. The molecule has 5 heteroatoms. The third kappa shape index (κ3) is 31.5. The summed E-state index contributed by atoms with van der Waals surface area (Å²) in [6.45, 7) is 4.17. The van der Waals surface area contributed by atoms with E-state index < -0.39 is 24.2 Å². The highest BCUT2D eigenvalue weighted by molar-refractivity contribution is 5.80. The number of nitrogens with one attached hydrogen (secondary N) is 1. The minimum atomic E-state index is -1.09. The van der Waals surface area contributed by atoms with E-state index in [-0.39, 0.29) is 6.61 Å². The van der Waals surface area contributed by atoms with Gasteiger partial charge in [-0.2, -0.15) is 0 Å². The van der Waals surface area contributed by atoms with Gasteiger partial charge in [0.15, 0.2) is 0 Å². The highest BCUT2D eigenvalue weighted by Gasteiger charge is 2.22. The van der Waals surface area contributed by atoms with Crippen LogP contribution >= 0.6 is 0 Å². The van der Waals surface area contributed by atoms with Gasteiger partial charge in [0, 0.05) is 0 Å². The summed E-state index contributed by atoms with van der Waals surface area (Å²) in [7, 11) is 0. The number of rotatable bonds is 36. The normalized spacial score (nSPS) is 13.8. The van der Waals surface area contributed by atoms with Crippen molar-refractivity contribution < 1.29 is 20.1 Å². The SMILES string of the molecule is CCCCCCCCCCCCCCCCCCCC/C=C/C(O)C(CO)NC(=O)C(O)CCCCCCCCCCCCC. The molecule has 268 valence electrons. The van der Waals surface area contributed by atoms with Crippen LogP contribution in [-0.4, -0.2) is 46.1 Å². The van der Waals surface area contributed by atoms with E-state index in [9.17, 15) is 20.1 Å². The maximum Gasteiger partial charge on any atom is 0.249 e. The number of unbranched alkanes of at least 4 members (excludes halogenated alkanes) is 28. The number of hydrogen-bond acceptors (Lipinski definition) is 4. The van der Waals surface area contributed by atoms with Gasteiger partial charge in [-0.3, -0.25) is 4.79 Å². The molecule has 5 nitrogen and oxygen atoms in total. The Morgan fingerprint density at radius 1 is 0.533 bits per heavy atom. The fourth-order valence-corrected chi connectivity index (χ4v) is 6.18. The summed E-state index contributed by atoms with van der Waals surface area (Å²) >= 11 is 0. The third-order valence-corrected chi connectivity index (χ3v) is 9.38. The second-order valence-electron chi connectivity index (χ2n) is 13.9. The molecule has 0 saturated heterocycles. The van der Waals surface area contributed by atoms with Gasteiger partial charge in [0.25, 0.3) is 0 Å². The Bertz CT molecular complexity index is 625. The minimum absolute atomic E-state index is 0.360. The van der Waals surface area contributed by atoms with E-state index in [0.29, 0.717) is 6.42 Å². The standard InChI is InChI=1S/C40H79NO4/c1-3-5-7-9-11-13-15-16-17-18-19-20-21-22-23-25-26-28-30-32-34-38(43)37(36-42)41-40(45)39(44)35-33-31-29-27-24-14-12-10-8-6-4-2/h32,34,37-39,42-44H,3-31,33,35-36H2,1-2H3,(H,41,45)/b34-32+. The first kappa shape index (κ1) is 44.1. The molecule has 0 heterocycles. The molecule has 3 atom stereocenters. The van der Waals surface area contributed by atoms with Gasteiger partial charge in [-0.05, 0) is 19.3 Å². The number of aliphatic hydroxyl groups excluding tert-OH is 3. The molecule has 0 rings (SSSR count). The molecule has 0 aliphatic rings. The summed E-state index contributed by atoms with van der Waals surface area (Å²) in [5, 5.41) is 33.0. The van der Waals surface area contributed by atoms with E-state index in [1.807, 2.05) is 6.08 Å². The molecule has 0 fully saturated rings. The zero-order valence-corrected chi connectivity index (χ0v) is 30.3. The van der Waals surface area contributed by atoms with Gasteiger partial charge >= 0.3 is 0 Å². The van der Waals surface area contributed by atoms with Crippen molar-refractivity contribution in [3.8, 4) is 0 Å². The van der Waals surface area contributed by atoms with Crippen LogP contribution in [0.25, 0.3) is 0 Å². The van der Waals surface area contributed by atoms with Gasteiger partial charge in [-0.25, -0.2) is 0 Å². The first-order chi connectivity index (χ1) is 22.1. The van der Waals surface area contributed by atoms with Crippen molar-refractivity contribution in [2.75, 3.05) is 6.61 Å². The van der Waals surface area contributed by atoms with Crippen molar-refractivity contribution in [2.24, 2.45) is 0 Å². The van der Waals surface area contributed by atoms with Crippen molar-refractivity contribution >= 4 is 5.91 Å². The number of carbonyl (C=O) groups is 1.